The Kier molecular flexibility index (Phi) is 7.73. The number of aliphatic carboxylic acids is 1. The van der Waals surface area contributed by atoms with Crippen LogP contribution < -0.4 is 9.47 Å². The maximum atomic E-state index is 11.6. The molecule has 0 atom stereocenters. The van der Waals surface area contributed by atoms with Crippen molar-refractivity contribution in [3.8, 4) is 11.5 Å². The van der Waals surface area contributed by atoms with Crippen molar-refractivity contribution in [2.75, 3.05) is 19.6 Å². The topological polar surface area (TPSA) is 71.9 Å². The van der Waals surface area contributed by atoms with Crippen LogP contribution in [0.25, 0.3) is 5.57 Å². The fourth-order valence-electron chi connectivity index (χ4n) is 5.17. The van der Waals surface area contributed by atoms with E-state index in [1.54, 1.807) is 26.1 Å². The van der Waals surface area contributed by atoms with Gasteiger partial charge in [-0.2, -0.15) is 0 Å². The van der Waals surface area contributed by atoms with Gasteiger partial charge in [0.1, 0.15) is 18.1 Å². The summed E-state index contributed by atoms with van der Waals surface area (Å²) in [6.07, 6.45) is 7.19. The molecule has 1 N–H and O–H groups in total. The van der Waals surface area contributed by atoms with E-state index in [0.29, 0.717) is 18.3 Å². The summed E-state index contributed by atoms with van der Waals surface area (Å²) >= 11 is 6.06. The van der Waals surface area contributed by atoms with E-state index in [4.69, 9.17) is 21.1 Å². The molecule has 1 saturated heterocycles. The third kappa shape index (κ3) is 5.87. The lowest BCUT2D eigenvalue weighted by molar-refractivity contribution is -0.152. The van der Waals surface area contributed by atoms with Crippen LogP contribution in [0.15, 0.2) is 66.9 Å². The van der Waals surface area contributed by atoms with E-state index in [1.165, 1.54) is 5.56 Å². The van der Waals surface area contributed by atoms with Crippen molar-refractivity contribution in [1.29, 1.82) is 0 Å². The third-order valence-electron chi connectivity index (χ3n) is 7.40. The molecule has 3 aromatic rings. The quantitative estimate of drug-likeness (QED) is 0.371. The standard InChI is InChI=1S/C31H33ClN2O4/c1-31(2,30(35)36)38-24-11-12-29-27(19-24)25(26-5-3-15-33-28(26)20-37-29)6-4-16-34-17-13-22(14-18-34)21-7-9-23(32)10-8-21/h3,5-12,15,19,22H,4,13-14,16-18,20H2,1-2H3,(H,35,36). The Morgan fingerprint density at radius 3 is 2.66 bits per heavy atom. The molecule has 198 valence electrons. The van der Waals surface area contributed by atoms with Gasteiger partial charge in [0.2, 0.25) is 0 Å². The second-order valence-corrected chi connectivity index (χ2v) is 10.9. The van der Waals surface area contributed by atoms with Crippen LogP contribution in [0.2, 0.25) is 5.02 Å². The van der Waals surface area contributed by atoms with Crippen LogP contribution in [0.5, 0.6) is 11.5 Å². The highest BCUT2D eigenvalue weighted by molar-refractivity contribution is 6.30. The molecular weight excluding hydrogens is 500 g/mol. The first-order valence-corrected chi connectivity index (χ1v) is 13.5. The molecule has 7 heteroatoms. The van der Waals surface area contributed by atoms with E-state index in [2.05, 4.69) is 34.2 Å². The molecular formula is C31H33ClN2O4. The van der Waals surface area contributed by atoms with Gasteiger partial charge >= 0.3 is 5.97 Å². The van der Waals surface area contributed by atoms with E-state index in [-0.39, 0.29) is 0 Å². The molecule has 2 aromatic carbocycles. The first-order valence-electron chi connectivity index (χ1n) is 13.1. The number of carboxylic acid groups (broad SMARTS) is 1. The smallest absolute Gasteiger partial charge is 0.347 e. The van der Waals surface area contributed by atoms with Crippen molar-refractivity contribution in [2.45, 2.75) is 51.2 Å². The molecule has 0 spiro atoms. The van der Waals surface area contributed by atoms with E-state index in [1.807, 2.05) is 30.3 Å². The summed E-state index contributed by atoms with van der Waals surface area (Å²) in [5, 5.41) is 10.3. The number of hydrogen-bond acceptors (Lipinski definition) is 5. The van der Waals surface area contributed by atoms with Gasteiger partial charge in [-0.3, -0.25) is 4.98 Å². The van der Waals surface area contributed by atoms with Gasteiger partial charge in [-0.1, -0.05) is 35.9 Å². The zero-order chi connectivity index (χ0) is 26.7. The summed E-state index contributed by atoms with van der Waals surface area (Å²) in [5.41, 5.74) is 3.86. The SMILES string of the molecule is CC(C)(Oc1ccc2c(c1)C(=CCCN1CCC(c3ccc(Cl)cc3)CC1)c1cccnc1CO2)C(=O)O. The molecule has 0 unspecified atom stereocenters. The van der Waals surface area contributed by atoms with E-state index >= 15 is 0 Å². The lowest BCUT2D eigenvalue weighted by atomic mass is 9.89. The van der Waals surface area contributed by atoms with Gasteiger partial charge in [-0.05, 0) is 99.7 Å². The first kappa shape index (κ1) is 26.3. The number of benzene rings is 2. The molecule has 0 bridgehead atoms. The van der Waals surface area contributed by atoms with Crippen LogP contribution in [-0.4, -0.2) is 46.2 Å². The molecule has 3 heterocycles. The van der Waals surface area contributed by atoms with Crippen molar-refractivity contribution >= 4 is 23.1 Å². The summed E-state index contributed by atoms with van der Waals surface area (Å²) in [5.74, 6) is 0.786. The number of nitrogens with zero attached hydrogens (tertiary/aromatic N) is 2. The fourth-order valence-corrected chi connectivity index (χ4v) is 5.30. The Labute approximate surface area is 228 Å². The van der Waals surface area contributed by atoms with Gasteiger partial charge in [0.05, 0.1) is 5.69 Å². The maximum Gasteiger partial charge on any atom is 0.347 e. The minimum absolute atomic E-state index is 0.375. The highest BCUT2D eigenvalue weighted by Gasteiger charge is 2.30. The maximum absolute atomic E-state index is 11.6. The summed E-state index contributed by atoms with van der Waals surface area (Å²) in [6.45, 7) is 6.56. The molecule has 2 aliphatic heterocycles. The van der Waals surface area contributed by atoms with Crippen LogP contribution in [0, 0.1) is 0 Å². The van der Waals surface area contributed by atoms with Gasteiger partial charge in [-0.25, -0.2) is 4.79 Å². The number of aromatic nitrogens is 1. The molecule has 5 rings (SSSR count). The van der Waals surface area contributed by atoms with Crippen molar-refractivity contribution in [3.05, 3.63) is 94.3 Å². The van der Waals surface area contributed by atoms with Crippen LogP contribution in [0.3, 0.4) is 0 Å². The van der Waals surface area contributed by atoms with Crippen LogP contribution in [0.4, 0.5) is 0 Å². The van der Waals surface area contributed by atoms with Gasteiger partial charge in [0, 0.05) is 28.9 Å². The first-order chi connectivity index (χ1) is 18.3. The predicted molar refractivity (Wildman–Crippen MR) is 149 cm³/mol. The van der Waals surface area contributed by atoms with E-state index in [0.717, 1.165) is 72.1 Å². The zero-order valence-electron chi connectivity index (χ0n) is 21.8. The van der Waals surface area contributed by atoms with Crippen molar-refractivity contribution in [3.63, 3.8) is 0 Å². The summed E-state index contributed by atoms with van der Waals surface area (Å²) in [4.78, 5) is 18.7. The molecule has 38 heavy (non-hydrogen) atoms. The average Bonchev–Trinajstić information content (AvgIpc) is 3.06. The largest absolute Gasteiger partial charge is 0.487 e. The highest BCUT2D eigenvalue weighted by Crippen LogP contribution is 2.39. The number of pyridine rings is 1. The van der Waals surface area contributed by atoms with E-state index < -0.39 is 11.6 Å². The number of carboxylic acids is 1. The lowest BCUT2D eigenvalue weighted by Gasteiger charge is -2.32. The number of piperidine rings is 1. The van der Waals surface area contributed by atoms with Gasteiger partial charge in [0.15, 0.2) is 5.60 Å². The Hall–Kier alpha value is -3.35. The minimum Gasteiger partial charge on any atom is -0.487 e. The number of carbonyl (C=O) groups is 1. The second kappa shape index (κ2) is 11.2. The number of rotatable bonds is 7. The summed E-state index contributed by atoms with van der Waals surface area (Å²) < 4.78 is 11.9. The number of halogens is 1. The summed E-state index contributed by atoms with van der Waals surface area (Å²) in [7, 11) is 0. The number of hydrogen-bond donors (Lipinski definition) is 1. The molecule has 0 aliphatic carbocycles. The third-order valence-corrected chi connectivity index (χ3v) is 7.65. The molecule has 6 nitrogen and oxygen atoms in total. The summed E-state index contributed by atoms with van der Waals surface area (Å²) in [6, 6.07) is 17.8. The number of likely N-dealkylation sites (tertiary alicyclic amines) is 1. The highest BCUT2D eigenvalue weighted by atomic mass is 35.5. The van der Waals surface area contributed by atoms with Gasteiger partial charge < -0.3 is 19.5 Å². The van der Waals surface area contributed by atoms with Crippen LogP contribution >= 0.6 is 11.6 Å². The molecule has 1 aromatic heterocycles. The zero-order valence-corrected chi connectivity index (χ0v) is 22.6. The van der Waals surface area contributed by atoms with Crippen molar-refractivity contribution < 1.29 is 19.4 Å². The average molecular weight is 533 g/mol. The predicted octanol–water partition coefficient (Wildman–Crippen LogP) is 6.57. The van der Waals surface area contributed by atoms with Crippen molar-refractivity contribution in [2.24, 2.45) is 0 Å². The number of fused-ring (bicyclic) bond motifs is 2. The Balaban J connectivity index is 1.33. The Morgan fingerprint density at radius 2 is 1.92 bits per heavy atom. The molecule has 0 amide bonds. The monoisotopic (exact) mass is 532 g/mol. The Morgan fingerprint density at radius 1 is 1.16 bits per heavy atom. The molecule has 0 saturated carbocycles. The molecule has 2 aliphatic rings. The molecule has 1 fully saturated rings. The Bertz CT molecular complexity index is 1330. The minimum atomic E-state index is -1.35. The van der Waals surface area contributed by atoms with Gasteiger partial charge in [0.25, 0.3) is 0 Å². The second-order valence-electron chi connectivity index (χ2n) is 10.4. The molecule has 0 radical (unpaired) electrons. The normalized spacial score (nSPS) is 17.3. The fraction of sp³-hybridized carbons (Fsp3) is 0.355. The lowest BCUT2D eigenvalue weighted by Crippen LogP contribution is -2.37. The van der Waals surface area contributed by atoms with Gasteiger partial charge in [-0.15, -0.1) is 0 Å². The van der Waals surface area contributed by atoms with Crippen LogP contribution in [0.1, 0.15) is 61.4 Å². The van der Waals surface area contributed by atoms with Crippen molar-refractivity contribution in [1.82, 2.24) is 9.88 Å². The number of ether oxygens (including phenoxy) is 2. The van der Waals surface area contributed by atoms with Crippen LogP contribution in [-0.2, 0) is 11.4 Å². The van der Waals surface area contributed by atoms with E-state index in [9.17, 15) is 9.90 Å².